The number of carbonyl (C=O) groups is 1. The van der Waals surface area contributed by atoms with Crippen molar-refractivity contribution < 1.29 is 19.0 Å². The number of nitrogens with zero attached hydrogens (tertiary/aromatic N) is 1. The zero-order valence-electron chi connectivity index (χ0n) is 10.7. The van der Waals surface area contributed by atoms with Crippen LogP contribution < -0.4 is 4.90 Å². The first-order chi connectivity index (χ1) is 8.90. The Hall–Kier alpha value is -1.33. The van der Waals surface area contributed by atoms with E-state index in [1.807, 2.05) is 13.8 Å². The Balaban J connectivity index is 2.47. The van der Waals surface area contributed by atoms with Crippen molar-refractivity contribution in [3.63, 3.8) is 0 Å². The van der Waals surface area contributed by atoms with Crippen molar-refractivity contribution in [1.29, 1.82) is 0 Å². The van der Waals surface area contributed by atoms with E-state index in [0.29, 0.717) is 13.1 Å². The first-order valence-corrected chi connectivity index (χ1v) is 6.39. The maximum atomic E-state index is 13.6. The topological polar surface area (TPSA) is 49.8 Å². The predicted molar refractivity (Wildman–Crippen MR) is 70.6 cm³/mol. The maximum Gasteiger partial charge on any atom is 0.337 e. The minimum absolute atomic E-state index is 0.00713. The normalized spacial score (nSPS) is 23.5. The van der Waals surface area contributed by atoms with Crippen LogP contribution in [0.3, 0.4) is 0 Å². The monoisotopic (exact) mass is 287 g/mol. The van der Waals surface area contributed by atoms with Crippen LogP contribution in [0.4, 0.5) is 10.1 Å². The van der Waals surface area contributed by atoms with Crippen molar-refractivity contribution in [3.8, 4) is 0 Å². The van der Waals surface area contributed by atoms with Crippen LogP contribution in [-0.4, -0.2) is 36.4 Å². The Labute approximate surface area is 115 Å². The second kappa shape index (κ2) is 5.35. The number of halogens is 2. The molecule has 19 heavy (non-hydrogen) atoms. The summed E-state index contributed by atoms with van der Waals surface area (Å²) in [7, 11) is 0. The molecule has 1 N–H and O–H groups in total. The van der Waals surface area contributed by atoms with E-state index >= 15 is 0 Å². The Morgan fingerprint density at radius 2 is 2.00 bits per heavy atom. The zero-order valence-corrected chi connectivity index (χ0v) is 11.4. The summed E-state index contributed by atoms with van der Waals surface area (Å²) in [5.41, 5.74) is 0.240. The highest BCUT2D eigenvalue weighted by Gasteiger charge is 2.28. The fourth-order valence-corrected chi connectivity index (χ4v) is 2.67. The molecule has 0 aliphatic carbocycles. The van der Waals surface area contributed by atoms with Crippen molar-refractivity contribution in [2.24, 2.45) is 0 Å². The number of carboxylic acid groups (broad SMARTS) is 1. The van der Waals surface area contributed by atoms with Gasteiger partial charge in [-0.3, -0.25) is 0 Å². The largest absolute Gasteiger partial charge is 0.478 e. The zero-order chi connectivity index (χ0) is 14.2. The van der Waals surface area contributed by atoms with Crippen molar-refractivity contribution in [2.75, 3.05) is 18.0 Å². The summed E-state index contributed by atoms with van der Waals surface area (Å²) in [6.45, 7) is 4.73. The van der Waals surface area contributed by atoms with Gasteiger partial charge in [0.25, 0.3) is 0 Å². The van der Waals surface area contributed by atoms with E-state index < -0.39 is 11.8 Å². The average Bonchev–Trinajstić information content (AvgIpc) is 2.30. The summed E-state index contributed by atoms with van der Waals surface area (Å²) in [5, 5.41) is 9.05. The number of hydrogen-bond donors (Lipinski definition) is 1. The summed E-state index contributed by atoms with van der Waals surface area (Å²) in [6.07, 6.45) is -0.130. The SMILES string of the molecule is C[C@@H]1CN(c2c(C(=O)O)ccc(F)c2Cl)C[C@H](C)O1. The van der Waals surface area contributed by atoms with Crippen LogP contribution >= 0.6 is 11.6 Å². The van der Waals surface area contributed by atoms with E-state index in [2.05, 4.69) is 0 Å². The molecule has 0 unspecified atom stereocenters. The molecule has 0 bridgehead atoms. The van der Waals surface area contributed by atoms with Gasteiger partial charge in [-0.05, 0) is 26.0 Å². The Kier molecular flexibility index (Phi) is 3.96. The van der Waals surface area contributed by atoms with Gasteiger partial charge in [-0.2, -0.15) is 0 Å². The third-order valence-corrected chi connectivity index (χ3v) is 3.39. The van der Waals surface area contributed by atoms with Crippen molar-refractivity contribution in [2.45, 2.75) is 26.1 Å². The second-order valence-corrected chi connectivity index (χ2v) is 5.10. The third kappa shape index (κ3) is 2.82. The quantitative estimate of drug-likeness (QED) is 0.909. The first kappa shape index (κ1) is 14.1. The van der Waals surface area contributed by atoms with Crippen molar-refractivity contribution in [1.82, 2.24) is 0 Å². The van der Waals surface area contributed by atoms with Crippen LogP contribution in [0.5, 0.6) is 0 Å². The second-order valence-electron chi connectivity index (χ2n) is 4.72. The molecular formula is C13H15ClFNO3. The van der Waals surface area contributed by atoms with Gasteiger partial charge in [-0.25, -0.2) is 9.18 Å². The molecule has 1 aromatic carbocycles. The number of rotatable bonds is 2. The molecule has 6 heteroatoms. The number of ether oxygens (including phenoxy) is 1. The fourth-order valence-electron chi connectivity index (χ4n) is 2.38. The van der Waals surface area contributed by atoms with Gasteiger partial charge in [-0.15, -0.1) is 0 Å². The lowest BCUT2D eigenvalue weighted by molar-refractivity contribution is -0.00532. The molecule has 1 heterocycles. The molecule has 0 radical (unpaired) electrons. The molecule has 0 amide bonds. The van der Waals surface area contributed by atoms with Gasteiger partial charge in [0.15, 0.2) is 0 Å². The van der Waals surface area contributed by atoms with Gasteiger partial charge in [-0.1, -0.05) is 11.6 Å². The molecule has 1 aromatic rings. The van der Waals surface area contributed by atoms with Crippen LogP contribution in [0.25, 0.3) is 0 Å². The van der Waals surface area contributed by atoms with Crippen LogP contribution in [0.1, 0.15) is 24.2 Å². The fraction of sp³-hybridized carbons (Fsp3) is 0.462. The standard InChI is InChI=1S/C13H15ClFNO3/c1-7-5-16(6-8(2)19-7)12-9(13(17)18)3-4-10(15)11(12)14/h3-4,7-8H,5-6H2,1-2H3,(H,17,18)/t7-,8+. The van der Waals surface area contributed by atoms with Gasteiger partial charge >= 0.3 is 5.97 Å². The van der Waals surface area contributed by atoms with Gasteiger partial charge in [0.2, 0.25) is 0 Å². The van der Waals surface area contributed by atoms with E-state index in [4.69, 9.17) is 16.3 Å². The number of benzene rings is 1. The first-order valence-electron chi connectivity index (χ1n) is 6.02. The molecule has 1 saturated heterocycles. The molecule has 2 rings (SSSR count). The molecule has 0 saturated carbocycles. The van der Waals surface area contributed by atoms with Crippen LogP contribution in [0.15, 0.2) is 12.1 Å². The van der Waals surface area contributed by atoms with Crippen LogP contribution in [0.2, 0.25) is 5.02 Å². The lowest BCUT2D eigenvalue weighted by Gasteiger charge is -2.37. The average molecular weight is 288 g/mol. The smallest absolute Gasteiger partial charge is 0.337 e. The Morgan fingerprint density at radius 3 is 2.53 bits per heavy atom. The molecule has 104 valence electrons. The molecule has 2 atom stereocenters. The number of carboxylic acids is 1. The highest BCUT2D eigenvalue weighted by atomic mass is 35.5. The Bertz CT molecular complexity index is 499. The molecule has 4 nitrogen and oxygen atoms in total. The highest BCUT2D eigenvalue weighted by Crippen LogP contribution is 2.34. The van der Waals surface area contributed by atoms with E-state index in [1.165, 1.54) is 6.07 Å². The summed E-state index contributed by atoms with van der Waals surface area (Å²) >= 11 is 5.95. The molecule has 0 aromatic heterocycles. The lowest BCUT2D eigenvalue weighted by Crippen LogP contribution is -2.46. The van der Waals surface area contributed by atoms with Gasteiger partial charge < -0.3 is 14.7 Å². The molecule has 1 aliphatic heterocycles. The van der Waals surface area contributed by atoms with Crippen molar-refractivity contribution >= 4 is 23.3 Å². The van der Waals surface area contributed by atoms with E-state index in [1.54, 1.807) is 4.90 Å². The lowest BCUT2D eigenvalue weighted by atomic mass is 10.1. The Morgan fingerprint density at radius 1 is 1.42 bits per heavy atom. The van der Waals surface area contributed by atoms with Crippen LogP contribution in [-0.2, 0) is 4.74 Å². The van der Waals surface area contributed by atoms with E-state index in [0.717, 1.165) is 6.07 Å². The third-order valence-electron chi connectivity index (χ3n) is 3.04. The summed E-state index contributed by atoms with van der Waals surface area (Å²) < 4.78 is 19.2. The van der Waals surface area contributed by atoms with E-state index in [9.17, 15) is 14.3 Å². The summed E-state index contributed by atoms with van der Waals surface area (Å²) in [5.74, 6) is -1.74. The number of morpholine rings is 1. The number of aromatic carboxylic acids is 1. The van der Waals surface area contributed by atoms with Gasteiger partial charge in [0, 0.05) is 13.1 Å². The molecular weight excluding hydrogens is 273 g/mol. The maximum absolute atomic E-state index is 13.6. The van der Waals surface area contributed by atoms with Crippen LogP contribution in [0, 0.1) is 5.82 Å². The molecule has 1 fully saturated rings. The van der Waals surface area contributed by atoms with E-state index in [-0.39, 0.29) is 28.5 Å². The van der Waals surface area contributed by atoms with Gasteiger partial charge in [0.1, 0.15) is 10.8 Å². The molecule has 1 aliphatic rings. The predicted octanol–water partition coefficient (Wildman–Crippen LogP) is 2.79. The highest BCUT2D eigenvalue weighted by molar-refractivity contribution is 6.34. The minimum atomic E-state index is -1.12. The summed E-state index contributed by atoms with van der Waals surface area (Å²) in [4.78, 5) is 13.0. The number of hydrogen-bond acceptors (Lipinski definition) is 3. The van der Waals surface area contributed by atoms with Crippen molar-refractivity contribution in [3.05, 3.63) is 28.5 Å². The number of anilines is 1. The minimum Gasteiger partial charge on any atom is -0.478 e. The molecule has 0 spiro atoms. The summed E-state index contributed by atoms with van der Waals surface area (Å²) in [6, 6.07) is 2.31. The van der Waals surface area contributed by atoms with Gasteiger partial charge in [0.05, 0.1) is 23.5 Å².